The van der Waals surface area contributed by atoms with Gasteiger partial charge in [-0.15, -0.1) is 0 Å². The molecule has 0 bridgehead atoms. The van der Waals surface area contributed by atoms with Crippen LogP contribution in [0, 0.1) is 11.8 Å². The Morgan fingerprint density at radius 3 is 2.00 bits per heavy atom. The van der Waals surface area contributed by atoms with Crippen LogP contribution in [0.5, 0.6) is 0 Å². The molecule has 26 nitrogen and oxygen atoms in total. The predicted octanol–water partition coefficient (Wildman–Crippen LogP) is -9.15. The molecule has 1 fully saturated rings. The number of rotatable bonds is 14. The van der Waals surface area contributed by atoms with Gasteiger partial charge in [0.1, 0.15) is 36.4 Å². The van der Waals surface area contributed by atoms with Gasteiger partial charge >= 0.3 is 5.97 Å². The van der Waals surface area contributed by atoms with Crippen molar-refractivity contribution in [3.05, 3.63) is 0 Å². The molecule has 0 aromatic heterocycles. The van der Waals surface area contributed by atoms with E-state index in [4.69, 9.17) is 16.2 Å². The lowest BCUT2D eigenvalue weighted by molar-refractivity contribution is -0.153. The number of hydrogen-bond acceptors (Lipinski definition) is 17. The number of primary amides is 1. The third-order valence-electron chi connectivity index (χ3n) is 9.36. The summed E-state index contributed by atoms with van der Waals surface area (Å²) in [6.07, 6.45) is -9.02. The Labute approximate surface area is 344 Å². The normalized spacial score (nSPS) is 26.8. The van der Waals surface area contributed by atoms with Gasteiger partial charge in [-0.2, -0.15) is 0 Å². The number of ether oxygens (including phenoxy) is 1. The minimum absolute atomic E-state index is 0.155. The molecule has 60 heavy (non-hydrogen) atoms. The average molecular weight is 863 g/mol. The number of β-amino-alcohol motifs (C(OH)–C–C–N with tert-alkyl or cyclic N) is 1. The standard InChI is InChI=1S/C34H58N10O16/c1-13(2)16-9-19(47)18(12-45)41-29(53)17(10-38-27(51)14(3)37-8-7-35)40-31(55)22(34(58)59)43-30(54)20(48)11-39-32(56)23(15(4)46)44(5)33(57)21(42-28(16)52)24(49)25(60-6)26(36)50/h13-18,20-25,37,45-46,48-49H,7-12,35H2,1-6H3,(H2,36,50)(H,38,51)(H,39,56)(H,40,55)(H,41,53)(H,42,52)(H,43,54)(H,58,59). The first-order chi connectivity index (χ1) is 27.9. The highest BCUT2D eigenvalue weighted by atomic mass is 16.5. The van der Waals surface area contributed by atoms with Crippen molar-refractivity contribution in [3.63, 3.8) is 0 Å². The highest BCUT2D eigenvalue weighted by Gasteiger charge is 2.44. The van der Waals surface area contributed by atoms with Crippen molar-refractivity contribution in [2.45, 2.75) is 94.8 Å². The van der Waals surface area contributed by atoms with Gasteiger partial charge in [-0.05, 0) is 19.8 Å². The summed E-state index contributed by atoms with van der Waals surface area (Å²) in [5.41, 5.74) is 10.8. The van der Waals surface area contributed by atoms with Gasteiger partial charge in [0.05, 0.1) is 25.3 Å². The number of carbonyl (C=O) groups is 10. The van der Waals surface area contributed by atoms with E-state index in [1.54, 1.807) is 5.32 Å². The number of nitrogens with two attached hydrogens (primary N) is 2. The molecule has 0 aromatic rings. The number of carbonyl (C=O) groups excluding carboxylic acids is 9. The summed E-state index contributed by atoms with van der Waals surface area (Å²) in [5.74, 6) is -15.3. The van der Waals surface area contributed by atoms with Gasteiger partial charge in [0.15, 0.2) is 11.9 Å². The Hall–Kier alpha value is -5.38. The van der Waals surface area contributed by atoms with Gasteiger partial charge in [0.25, 0.3) is 11.8 Å². The number of Topliss-reactive ketones (excluding diaryl/α,β-unsaturated/α-hetero) is 1. The van der Waals surface area contributed by atoms with E-state index in [-0.39, 0.29) is 13.1 Å². The number of carboxylic acid groups (broad SMARTS) is 1. The first-order valence-corrected chi connectivity index (χ1v) is 18.6. The third-order valence-corrected chi connectivity index (χ3v) is 9.36. The third kappa shape index (κ3) is 15.0. The van der Waals surface area contributed by atoms with Gasteiger partial charge in [-0.25, -0.2) is 4.79 Å². The van der Waals surface area contributed by atoms with Crippen LogP contribution in [-0.4, -0.2) is 197 Å². The lowest BCUT2D eigenvalue weighted by Gasteiger charge is -2.35. The van der Waals surface area contributed by atoms with Crippen molar-refractivity contribution in [1.29, 1.82) is 0 Å². The van der Waals surface area contributed by atoms with Crippen LogP contribution in [0.15, 0.2) is 0 Å². The van der Waals surface area contributed by atoms with Gasteiger partial charge in [0, 0.05) is 46.1 Å². The lowest BCUT2D eigenvalue weighted by atomic mass is 9.87. The Bertz CT molecular complexity index is 1580. The molecule has 1 aliphatic rings. The molecule has 1 aliphatic heterocycles. The number of carboxylic acids is 1. The van der Waals surface area contributed by atoms with Crippen LogP contribution in [0.2, 0.25) is 0 Å². The molecule has 1 rings (SSSR count). The van der Waals surface area contributed by atoms with Crippen molar-refractivity contribution < 1.29 is 78.2 Å². The second kappa shape index (κ2) is 24.6. The zero-order valence-electron chi connectivity index (χ0n) is 34.0. The smallest absolute Gasteiger partial charge is 0.336 e. The summed E-state index contributed by atoms with van der Waals surface area (Å²) >= 11 is 0. The molecular weight excluding hydrogens is 804 g/mol. The highest BCUT2D eigenvalue weighted by Crippen LogP contribution is 2.19. The Morgan fingerprint density at radius 1 is 0.900 bits per heavy atom. The molecule has 0 aromatic carbocycles. The molecule has 0 saturated carbocycles. The minimum Gasteiger partial charge on any atom is -0.479 e. The monoisotopic (exact) mass is 862 g/mol. The number of aliphatic hydroxyl groups is 4. The number of methoxy groups -OCH3 is 1. The van der Waals surface area contributed by atoms with Gasteiger partial charge in [-0.1, -0.05) is 13.8 Å². The number of aliphatic hydroxyl groups excluding tert-OH is 4. The number of amides is 8. The summed E-state index contributed by atoms with van der Waals surface area (Å²) in [7, 11) is 1.89. The number of nitrogens with zero attached hydrogens (tertiary/aromatic N) is 1. The molecule has 16 N–H and O–H groups in total. The van der Waals surface area contributed by atoms with Crippen LogP contribution in [-0.2, 0) is 52.7 Å². The van der Waals surface area contributed by atoms with E-state index in [1.807, 2.05) is 5.32 Å². The van der Waals surface area contributed by atoms with Crippen molar-refractivity contribution in [3.8, 4) is 0 Å². The first kappa shape index (κ1) is 52.6. The molecular formula is C34H58N10O16. The van der Waals surface area contributed by atoms with Gasteiger partial charge < -0.3 is 83.9 Å². The van der Waals surface area contributed by atoms with Crippen molar-refractivity contribution in [1.82, 2.24) is 42.1 Å². The van der Waals surface area contributed by atoms with E-state index >= 15 is 0 Å². The Kier molecular flexibility index (Phi) is 21.6. The van der Waals surface area contributed by atoms with E-state index in [9.17, 15) is 73.5 Å². The molecule has 340 valence electrons. The molecule has 11 unspecified atom stereocenters. The maximum absolute atomic E-state index is 14.0. The quantitative estimate of drug-likeness (QED) is 0.0721. The molecule has 8 amide bonds. The fourth-order valence-electron chi connectivity index (χ4n) is 5.80. The average Bonchev–Trinajstić information content (AvgIpc) is 3.17. The van der Waals surface area contributed by atoms with Crippen molar-refractivity contribution in [2.75, 3.05) is 46.9 Å². The summed E-state index contributed by atoms with van der Waals surface area (Å²) in [6.45, 7) is 2.93. The SMILES string of the molecule is COC(C(N)=O)C(O)C1NC(=O)C(C(C)C)CC(=O)C(CO)NC(=O)C(CNC(=O)C(C)NCCN)NC(=O)C(C(=O)O)NC(=O)C(O)CNC(=O)C(C(C)O)N(C)C1=O. The number of nitrogens with one attached hydrogen (secondary N) is 7. The second-order valence-corrected chi connectivity index (χ2v) is 14.2. The molecule has 26 heteroatoms. The summed E-state index contributed by atoms with van der Waals surface area (Å²) in [6, 6.07) is -11.2. The van der Waals surface area contributed by atoms with Crippen LogP contribution in [0.1, 0.15) is 34.1 Å². The summed E-state index contributed by atoms with van der Waals surface area (Å²) in [4.78, 5) is 132. The molecule has 11 atom stereocenters. The largest absolute Gasteiger partial charge is 0.479 e. The van der Waals surface area contributed by atoms with Crippen LogP contribution >= 0.6 is 0 Å². The minimum atomic E-state index is -2.52. The fraction of sp³-hybridized carbons (Fsp3) is 0.706. The maximum Gasteiger partial charge on any atom is 0.336 e. The number of aliphatic carboxylic acids is 1. The molecule has 0 spiro atoms. The fourth-order valence-corrected chi connectivity index (χ4v) is 5.80. The lowest BCUT2D eigenvalue weighted by Crippen LogP contribution is -2.64. The maximum atomic E-state index is 14.0. The van der Waals surface area contributed by atoms with E-state index in [0.717, 1.165) is 21.1 Å². The van der Waals surface area contributed by atoms with Crippen LogP contribution in [0.25, 0.3) is 0 Å². The van der Waals surface area contributed by atoms with Crippen LogP contribution in [0.3, 0.4) is 0 Å². The summed E-state index contributed by atoms with van der Waals surface area (Å²) in [5, 5.41) is 67.6. The number of likely N-dealkylation sites (N-methyl/N-ethyl adjacent to an activating group) is 1. The topological polar surface area (TPSA) is 421 Å². The molecule has 0 radical (unpaired) electrons. The van der Waals surface area contributed by atoms with E-state index < -0.39 is 158 Å². The first-order valence-electron chi connectivity index (χ1n) is 18.6. The number of ketones is 1. The van der Waals surface area contributed by atoms with Gasteiger partial charge in [-0.3, -0.25) is 43.2 Å². The van der Waals surface area contributed by atoms with Crippen molar-refractivity contribution in [2.24, 2.45) is 23.3 Å². The second-order valence-electron chi connectivity index (χ2n) is 14.2. The van der Waals surface area contributed by atoms with Crippen molar-refractivity contribution >= 4 is 59.0 Å². The molecule has 1 saturated heterocycles. The zero-order chi connectivity index (χ0) is 46.2. The number of hydrogen-bond donors (Lipinski definition) is 14. The zero-order valence-corrected chi connectivity index (χ0v) is 34.0. The van der Waals surface area contributed by atoms with E-state index in [2.05, 4.69) is 26.6 Å². The molecule has 0 aliphatic carbocycles. The molecule has 1 heterocycles. The Balaban J connectivity index is 3.88. The van der Waals surface area contributed by atoms with Gasteiger partial charge in [0.2, 0.25) is 41.5 Å². The predicted molar refractivity (Wildman–Crippen MR) is 203 cm³/mol. The Morgan fingerprint density at radius 2 is 1.50 bits per heavy atom. The van der Waals surface area contributed by atoms with Crippen LogP contribution in [0.4, 0.5) is 0 Å². The summed E-state index contributed by atoms with van der Waals surface area (Å²) < 4.78 is 4.94. The van der Waals surface area contributed by atoms with Crippen LogP contribution < -0.4 is 48.7 Å². The highest BCUT2D eigenvalue weighted by molar-refractivity contribution is 6.06. The van der Waals surface area contributed by atoms with E-state index in [0.29, 0.717) is 4.90 Å². The van der Waals surface area contributed by atoms with E-state index in [1.165, 1.54) is 20.8 Å².